The summed E-state index contributed by atoms with van der Waals surface area (Å²) in [7, 11) is 3.68. The van der Waals surface area contributed by atoms with Crippen molar-refractivity contribution < 1.29 is 9.47 Å². The number of halogens is 1. The van der Waals surface area contributed by atoms with E-state index in [0.29, 0.717) is 10.8 Å². The molecule has 3 rings (SSSR count). The fraction of sp³-hybridized carbons (Fsp3) is 0.938. The van der Waals surface area contributed by atoms with Gasteiger partial charge in [-0.25, -0.2) is 0 Å². The fourth-order valence-corrected chi connectivity index (χ4v) is 3.70. The lowest BCUT2D eigenvalue weighted by Crippen LogP contribution is -2.43. The van der Waals surface area contributed by atoms with Crippen LogP contribution in [-0.2, 0) is 9.47 Å². The Morgan fingerprint density at radius 3 is 2.73 bits per heavy atom. The summed E-state index contributed by atoms with van der Waals surface area (Å²) in [6, 6.07) is 0. The molecule has 128 valence electrons. The Morgan fingerprint density at radius 2 is 2.14 bits per heavy atom. The Hall–Kier alpha value is -0.0800. The van der Waals surface area contributed by atoms with E-state index < -0.39 is 0 Å². The number of guanidine groups is 1. The summed E-state index contributed by atoms with van der Waals surface area (Å²) in [6.45, 7) is 5.96. The minimum absolute atomic E-state index is 0. The fourth-order valence-electron chi connectivity index (χ4n) is 3.70. The van der Waals surface area contributed by atoms with Crippen molar-refractivity contribution in [1.29, 1.82) is 0 Å². The van der Waals surface area contributed by atoms with Gasteiger partial charge in [0.2, 0.25) is 0 Å². The van der Waals surface area contributed by atoms with Crippen LogP contribution in [0.5, 0.6) is 0 Å². The summed E-state index contributed by atoms with van der Waals surface area (Å²) in [4.78, 5) is 6.91. The summed E-state index contributed by atoms with van der Waals surface area (Å²) in [5.41, 5.74) is 0.852. The highest BCUT2D eigenvalue weighted by Crippen LogP contribution is 2.48. The van der Waals surface area contributed by atoms with Crippen LogP contribution in [0, 0.1) is 10.8 Å². The highest BCUT2D eigenvalue weighted by atomic mass is 127. The van der Waals surface area contributed by atoms with Crippen molar-refractivity contribution >= 4 is 29.9 Å². The molecule has 2 saturated heterocycles. The number of nitrogens with zero attached hydrogens (tertiary/aromatic N) is 2. The molecule has 1 spiro atoms. The predicted octanol–water partition coefficient (Wildman–Crippen LogP) is 2.11. The van der Waals surface area contributed by atoms with Gasteiger partial charge in [-0.15, -0.1) is 24.0 Å². The molecule has 22 heavy (non-hydrogen) atoms. The molecule has 1 aliphatic carbocycles. The van der Waals surface area contributed by atoms with E-state index in [2.05, 4.69) is 15.2 Å². The molecule has 1 saturated carbocycles. The second-order valence-corrected chi connectivity index (χ2v) is 7.12. The van der Waals surface area contributed by atoms with Crippen molar-refractivity contribution in [3.8, 4) is 0 Å². The third-order valence-electron chi connectivity index (χ3n) is 5.55. The zero-order chi connectivity index (χ0) is 14.8. The first-order valence-corrected chi connectivity index (χ1v) is 8.23. The van der Waals surface area contributed by atoms with Gasteiger partial charge in [-0.3, -0.25) is 4.99 Å². The van der Waals surface area contributed by atoms with E-state index in [1.807, 2.05) is 7.05 Å². The van der Waals surface area contributed by atoms with Crippen LogP contribution in [0.4, 0.5) is 0 Å². The molecule has 3 aliphatic rings. The van der Waals surface area contributed by atoms with Gasteiger partial charge < -0.3 is 19.7 Å². The van der Waals surface area contributed by atoms with Gasteiger partial charge >= 0.3 is 0 Å². The smallest absolute Gasteiger partial charge is 0.193 e. The first kappa shape index (κ1) is 18.3. The van der Waals surface area contributed by atoms with E-state index in [9.17, 15) is 0 Å². The molecular weight excluding hydrogens is 393 g/mol. The number of rotatable bonds is 5. The van der Waals surface area contributed by atoms with E-state index >= 15 is 0 Å². The Balaban J connectivity index is 0.00000176. The molecule has 1 unspecified atom stereocenters. The summed E-state index contributed by atoms with van der Waals surface area (Å²) < 4.78 is 10.8. The third kappa shape index (κ3) is 4.06. The molecule has 1 N–H and O–H groups in total. The first-order valence-electron chi connectivity index (χ1n) is 8.23. The Bertz CT molecular complexity index is 393. The number of ether oxygens (including phenoxy) is 2. The van der Waals surface area contributed by atoms with Crippen molar-refractivity contribution in [1.82, 2.24) is 10.2 Å². The molecule has 0 aromatic heterocycles. The lowest BCUT2D eigenvalue weighted by Gasteiger charge is -2.26. The van der Waals surface area contributed by atoms with Crippen molar-refractivity contribution in [3.63, 3.8) is 0 Å². The van der Waals surface area contributed by atoms with Crippen molar-refractivity contribution in [2.75, 3.05) is 53.6 Å². The molecule has 0 aromatic rings. The van der Waals surface area contributed by atoms with Crippen LogP contribution in [0.15, 0.2) is 4.99 Å². The van der Waals surface area contributed by atoms with Gasteiger partial charge in [0, 0.05) is 52.4 Å². The van der Waals surface area contributed by atoms with Crippen molar-refractivity contribution in [2.45, 2.75) is 32.1 Å². The topological polar surface area (TPSA) is 46.1 Å². The van der Waals surface area contributed by atoms with Crippen LogP contribution < -0.4 is 5.32 Å². The minimum Gasteiger partial charge on any atom is -0.385 e. The van der Waals surface area contributed by atoms with Crippen LogP contribution in [0.3, 0.4) is 0 Å². The SMILES string of the molecule is CN=C(NCC1(CCOC)CC1)N1CCC2(CCOC2)C1.I. The minimum atomic E-state index is 0. The molecule has 0 aromatic carbocycles. The molecule has 3 fully saturated rings. The Kier molecular flexibility index (Phi) is 6.36. The van der Waals surface area contributed by atoms with Gasteiger partial charge in [-0.05, 0) is 37.5 Å². The number of hydrogen-bond donors (Lipinski definition) is 1. The van der Waals surface area contributed by atoms with Crippen molar-refractivity contribution in [2.24, 2.45) is 15.8 Å². The average Bonchev–Trinajstić information content (AvgIpc) is 2.94. The number of hydrogen-bond acceptors (Lipinski definition) is 3. The molecule has 0 radical (unpaired) electrons. The van der Waals surface area contributed by atoms with E-state index in [0.717, 1.165) is 51.8 Å². The van der Waals surface area contributed by atoms with E-state index in [1.54, 1.807) is 7.11 Å². The normalized spacial score (nSPS) is 29.7. The summed E-state index contributed by atoms with van der Waals surface area (Å²) in [5, 5.41) is 3.61. The summed E-state index contributed by atoms with van der Waals surface area (Å²) in [5.74, 6) is 1.07. The first-order chi connectivity index (χ1) is 10.2. The second-order valence-electron chi connectivity index (χ2n) is 7.12. The highest BCUT2D eigenvalue weighted by Gasteiger charge is 2.44. The number of methoxy groups -OCH3 is 1. The van der Waals surface area contributed by atoms with E-state index in [1.165, 1.54) is 25.7 Å². The Labute approximate surface area is 151 Å². The Morgan fingerprint density at radius 1 is 1.32 bits per heavy atom. The molecule has 2 heterocycles. The van der Waals surface area contributed by atoms with Crippen LogP contribution in [0.1, 0.15) is 32.1 Å². The van der Waals surface area contributed by atoms with E-state index in [4.69, 9.17) is 9.47 Å². The molecule has 2 aliphatic heterocycles. The largest absolute Gasteiger partial charge is 0.385 e. The molecule has 0 bridgehead atoms. The number of aliphatic imine (C=N–C) groups is 1. The predicted molar refractivity (Wildman–Crippen MR) is 99.0 cm³/mol. The second kappa shape index (κ2) is 7.66. The lowest BCUT2D eigenvalue weighted by molar-refractivity contribution is 0.156. The summed E-state index contributed by atoms with van der Waals surface area (Å²) in [6.07, 6.45) is 6.24. The maximum Gasteiger partial charge on any atom is 0.193 e. The molecule has 5 nitrogen and oxygen atoms in total. The molecular formula is C16H30IN3O2. The van der Waals surface area contributed by atoms with E-state index in [-0.39, 0.29) is 24.0 Å². The molecule has 1 atom stereocenters. The van der Waals surface area contributed by atoms with Gasteiger partial charge in [-0.1, -0.05) is 0 Å². The van der Waals surface area contributed by atoms with Gasteiger partial charge in [0.15, 0.2) is 5.96 Å². The standard InChI is InChI=1S/C16H29N3O2.HI/c1-17-14(18-11-15(3-4-15)6-9-20-2)19-8-5-16(12-19)7-10-21-13-16;/h3-13H2,1-2H3,(H,17,18);1H. The molecule has 0 amide bonds. The third-order valence-corrected chi connectivity index (χ3v) is 5.55. The maximum atomic E-state index is 5.61. The number of nitrogens with one attached hydrogen (secondary N) is 1. The monoisotopic (exact) mass is 423 g/mol. The van der Waals surface area contributed by atoms with Gasteiger partial charge in [0.1, 0.15) is 0 Å². The highest BCUT2D eigenvalue weighted by molar-refractivity contribution is 14.0. The average molecular weight is 423 g/mol. The molecule has 6 heteroatoms. The quantitative estimate of drug-likeness (QED) is 0.418. The van der Waals surface area contributed by atoms with Crippen LogP contribution >= 0.6 is 24.0 Å². The zero-order valence-corrected chi connectivity index (χ0v) is 16.2. The van der Waals surface area contributed by atoms with Gasteiger partial charge in [0.25, 0.3) is 0 Å². The zero-order valence-electron chi connectivity index (χ0n) is 13.9. The summed E-state index contributed by atoms with van der Waals surface area (Å²) >= 11 is 0. The number of likely N-dealkylation sites (tertiary alicyclic amines) is 1. The maximum absolute atomic E-state index is 5.61. The van der Waals surface area contributed by atoms with Crippen LogP contribution in [-0.4, -0.2) is 64.5 Å². The van der Waals surface area contributed by atoms with Gasteiger partial charge in [0.05, 0.1) is 6.61 Å². The van der Waals surface area contributed by atoms with Gasteiger partial charge in [-0.2, -0.15) is 0 Å². The van der Waals surface area contributed by atoms with Crippen LogP contribution in [0.2, 0.25) is 0 Å². The van der Waals surface area contributed by atoms with Crippen LogP contribution in [0.25, 0.3) is 0 Å². The van der Waals surface area contributed by atoms with Crippen molar-refractivity contribution in [3.05, 3.63) is 0 Å². The lowest BCUT2D eigenvalue weighted by atomic mass is 9.87.